The first-order chi connectivity index (χ1) is 8.81. The molecule has 4 nitrogen and oxygen atoms in total. The molecule has 0 bridgehead atoms. The Bertz CT molecular complexity index is 519. The van der Waals surface area contributed by atoms with E-state index in [9.17, 15) is 0 Å². The van der Waals surface area contributed by atoms with Crippen LogP contribution in [0.5, 0.6) is 5.75 Å². The molecule has 0 amide bonds. The molecule has 0 saturated carbocycles. The van der Waals surface area contributed by atoms with E-state index < -0.39 is 0 Å². The molecular weight excluding hydrogens is 246 g/mol. The minimum Gasteiger partial charge on any atom is -0.494 e. The smallest absolute Gasteiger partial charge is 0.156 e. The Labute approximate surface area is 111 Å². The summed E-state index contributed by atoms with van der Waals surface area (Å²) in [5.74, 6) is 2.14. The quantitative estimate of drug-likeness (QED) is 0.839. The van der Waals surface area contributed by atoms with E-state index in [2.05, 4.69) is 9.97 Å². The van der Waals surface area contributed by atoms with Crippen LogP contribution in [0.3, 0.4) is 0 Å². The first-order valence-electron chi connectivity index (χ1n) is 5.71. The topological polar surface area (TPSA) is 61.0 Å². The third-order valence-corrected chi connectivity index (χ3v) is 3.37. The molecule has 0 atom stereocenters. The highest BCUT2D eigenvalue weighted by atomic mass is 32.2. The first kappa shape index (κ1) is 12.7. The van der Waals surface area contributed by atoms with Gasteiger partial charge >= 0.3 is 0 Å². The normalized spacial score (nSPS) is 10.3. The lowest BCUT2D eigenvalue weighted by Gasteiger charge is -2.09. The molecule has 0 fully saturated rings. The van der Waals surface area contributed by atoms with E-state index in [1.54, 1.807) is 24.2 Å². The first-order valence-corrected chi connectivity index (χ1v) is 6.69. The number of hydrogen-bond donors (Lipinski definition) is 1. The van der Waals surface area contributed by atoms with Gasteiger partial charge in [-0.1, -0.05) is 30.0 Å². The highest BCUT2D eigenvalue weighted by Crippen LogP contribution is 2.28. The minimum atomic E-state index is 0.469. The van der Waals surface area contributed by atoms with Crippen molar-refractivity contribution in [2.75, 3.05) is 12.3 Å². The molecule has 0 unspecified atom stereocenters. The van der Waals surface area contributed by atoms with Crippen molar-refractivity contribution in [1.82, 2.24) is 9.97 Å². The number of nitrogens with zero attached hydrogens (tertiary/aromatic N) is 2. The second-order valence-electron chi connectivity index (χ2n) is 3.58. The number of nitrogens with two attached hydrogens (primary N) is 1. The van der Waals surface area contributed by atoms with E-state index in [1.165, 1.54) is 0 Å². The van der Waals surface area contributed by atoms with Gasteiger partial charge in [0.25, 0.3) is 0 Å². The minimum absolute atomic E-state index is 0.469. The van der Waals surface area contributed by atoms with Crippen molar-refractivity contribution in [1.29, 1.82) is 0 Å². The third-order valence-electron chi connectivity index (χ3n) is 2.33. The summed E-state index contributed by atoms with van der Waals surface area (Å²) in [6.45, 7) is 2.64. The average molecular weight is 261 g/mol. The SMILES string of the molecule is CCOc1ccccc1CSc1nccnc1N. The molecule has 0 radical (unpaired) electrons. The predicted molar refractivity (Wildman–Crippen MR) is 73.6 cm³/mol. The summed E-state index contributed by atoms with van der Waals surface area (Å²) < 4.78 is 5.58. The largest absolute Gasteiger partial charge is 0.494 e. The highest BCUT2D eigenvalue weighted by Gasteiger charge is 2.06. The number of aromatic nitrogens is 2. The number of ether oxygens (including phenoxy) is 1. The molecule has 1 aromatic heterocycles. The van der Waals surface area contributed by atoms with Crippen LogP contribution in [0.1, 0.15) is 12.5 Å². The second kappa shape index (κ2) is 6.26. The van der Waals surface area contributed by atoms with Gasteiger partial charge in [-0.05, 0) is 13.0 Å². The Kier molecular flexibility index (Phi) is 4.41. The van der Waals surface area contributed by atoms with Crippen molar-refractivity contribution in [3.63, 3.8) is 0 Å². The summed E-state index contributed by atoms with van der Waals surface area (Å²) in [4.78, 5) is 8.22. The van der Waals surface area contributed by atoms with Gasteiger partial charge in [-0.2, -0.15) is 0 Å². The van der Waals surface area contributed by atoms with E-state index in [0.717, 1.165) is 22.1 Å². The lowest BCUT2D eigenvalue weighted by atomic mass is 10.2. The summed E-state index contributed by atoms with van der Waals surface area (Å²) >= 11 is 1.56. The molecule has 2 rings (SSSR count). The maximum atomic E-state index is 5.76. The van der Waals surface area contributed by atoms with Crippen molar-refractivity contribution in [2.24, 2.45) is 0 Å². The van der Waals surface area contributed by atoms with Gasteiger partial charge in [-0.25, -0.2) is 9.97 Å². The van der Waals surface area contributed by atoms with Crippen molar-refractivity contribution < 1.29 is 4.74 Å². The zero-order chi connectivity index (χ0) is 12.8. The number of thioether (sulfide) groups is 1. The number of rotatable bonds is 5. The summed E-state index contributed by atoms with van der Waals surface area (Å²) in [6, 6.07) is 7.98. The molecule has 18 heavy (non-hydrogen) atoms. The lowest BCUT2D eigenvalue weighted by molar-refractivity contribution is 0.337. The van der Waals surface area contributed by atoms with Crippen LogP contribution in [0.15, 0.2) is 41.7 Å². The van der Waals surface area contributed by atoms with Crippen LogP contribution in [0.2, 0.25) is 0 Å². The van der Waals surface area contributed by atoms with Crippen molar-refractivity contribution in [2.45, 2.75) is 17.7 Å². The molecule has 0 aliphatic rings. The molecule has 2 N–H and O–H groups in total. The molecule has 0 saturated heterocycles. The number of nitrogen functional groups attached to an aromatic ring is 1. The average Bonchev–Trinajstić information content (AvgIpc) is 2.40. The van der Waals surface area contributed by atoms with Gasteiger partial charge in [0, 0.05) is 23.7 Å². The molecule has 94 valence electrons. The molecule has 1 heterocycles. The van der Waals surface area contributed by atoms with Gasteiger partial charge in [-0.3, -0.25) is 0 Å². The van der Waals surface area contributed by atoms with Crippen LogP contribution >= 0.6 is 11.8 Å². The van der Waals surface area contributed by atoms with Gasteiger partial charge in [0.2, 0.25) is 0 Å². The van der Waals surface area contributed by atoms with Crippen LogP contribution in [-0.2, 0) is 5.75 Å². The van der Waals surface area contributed by atoms with E-state index in [1.807, 2.05) is 31.2 Å². The lowest BCUT2D eigenvalue weighted by Crippen LogP contribution is -1.97. The van der Waals surface area contributed by atoms with Crippen LogP contribution in [0.4, 0.5) is 5.82 Å². The summed E-state index contributed by atoms with van der Waals surface area (Å²) in [5.41, 5.74) is 6.89. The van der Waals surface area contributed by atoms with Crippen molar-refractivity contribution in [3.05, 3.63) is 42.2 Å². The molecule has 0 aliphatic heterocycles. The zero-order valence-corrected chi connectivity index (χ0v) is 11.0. The standard InChI is InChI=1S/C13H15N3OS/c1-2-17-11-6-4-3-5-10(11)9-18-13-12(14)15-7-8-16-13/h3-8H,2,9H2,1H3,(H2,14,15). The van der Waals surface area contributed by atoms with Gasteiger partial charge in [0.1, 0.15) is 10.8 Å². The number of anilines is 1. The maximum Gasteiger partial charge on any atom is 0.156 e. The van der Waals surface area contributed by atoms with E-state index in [-0.39, 0.29) is 0 Å². The Morgan fingerprint density at radius 3 is 2.78 bits per heavy atom. The Balaban J connectivity index is 2.08. The fourth-order valence-corrected chi connectivity index (χ4v) is 2.38. The summed E-state index contributed by atoms with van der Waals surface area (Å²) in [5, 5.41) is 0.754. The monoisotopic (exact) mass is 261 g/mol. The third kappa shape index (κ3) is 3.13. The second-order valence-corrected chi connectivity index (χ2v) is 4.54. The number of benzene rings is 1. The van der Waals surface area contributed by atoms with Crippen molar-refractivity contribution >= 4 is 17.6 Å². The summed E-state index contributed by atoms with van der Waals surface area (Å²) in [7, 11) is 0. The van der Waals surface area contributed by atoms with E-state index >= 15 is 0 Å². The fourth-order valence-electron chi connectivity index (χ4n) is 1.51. The van der Waals surface area contributed by atoms with E-state index in [4.69, 9.17) is 10.5 Å². The Morgan fingerprint density at radius 2 is 2.00 bits per heavy atom. The summed E-state index contributed by atoms with van der Waals surface area (Å²) in [6.07, 6.45) is 3.24. The van der Waals surface area contributed by atoms with Gasteiger partial charge < -0.3 is 10.5 Å². The fraction of sp³-hybridized carbons (Fsp3) is 0.231. The molecule has 0 spiro atoms. The highest BCUT2D eigenvalue weighted by molar-refractivity contribution is 7.98. The maximum absolute atomic E-state index is 5.76. The Morgan fingerprint density at radius 1 is 1.22 bits per heavy atom. The molecule has 0 aliphatic carbocycles. The molecule has 5 heteroatoms. The molecule has 2 aromatic rings. The number of para-hydroxylation sites is 1. The number of hydrogen-bond acceptors (Lipinski definition) is 5. The van der Waals surface area contributed by atoms with Crippen LogP contribution < -0.4 is 10.5 Å². The van der Waals surface area contributed by atoms with Crippen LogP contribution in [-0.4, -0.2) is 16.6 Å². The van der Waals surface area contributed by atoms with E-state index in [0.29, 0.717) is 12.4 Å². The van der Waals surface area contributed by atoms with Crippen LogP contribution in [0, 0.1) is 0 Å². The van der Waals surface area contributed by atoms with Gasteiger partial charge in [0.15, 0.2) is 5.82 Å². The molecule has 1 aromatic carbocycles. The van der Waals surface area contributed by atoms with Crippen molar-refractivity contribution in [3.8, 4) is 5.75 Å². The van der Waals surface area contributed by atoms with Crippen LogP contribution in [0.25, 0.3) is 0 Å². The molecular formula is C13H15N3OS. The van der Waals surface area contributed by atoms with Gasteiger partial charge in [0.05, 0.1) is 6.61 Å². The Hall–Kier alpha value is -1.75. The zero-order valence-electron chi connectivity index (χ0n) is 10.2. The van der Waals surface area contributed by atoms with Gasteiger partial charge in [-0.15, -0.1) is 0 Å². The predicted octanol–water partition coefficient (Wildman–Crippen LogP) is 2.75.